The third-order valence-corrected chi connectivity index (χ3v) is 8.59. The Bertz CT molecular complexity index is 1440. The van der Waals surface area contributed by atoms with E-state index in [2.05, 4.69) is 43.5 Å². The van der Waals surface area contributed by atoms with Gasteiger partial charge in [0.05, 0.1) is 10.5 Å². The van der Waals surface area contributed by atoms with Crippen LogP contribution in [0.3, 0.4) is 0 Å². The van der Waals surface area contributed by atoms with Crippen molar-refractivity contribution in [2.75, 3.05) is 19.6 Å². The molecule has 0 bridgehead atoms. The van der Waals surface area contributed by atoms with E-state index in [1.54, 1.807) is 0 Å². The van der Waals surface area contributed by atoms with E-state index in [1.165, 1.54) is 30.4 Å². The minimum atomic E-state index is -0.0394. The number of hydrogen-bond donors (Lipinski definition) is 2. The lowest BCUT2D eigenvalue weighted by Gasteiger charge is -2.30. The van der Waals surface area contributed by atoms with Gasteiger partial charge in [-0.15, -0.1) is 12.4 Å². The van der Waals surface area contributed by atoms with Crippen LogP contribution in [0.2, 0.25) is 5.02 Å². The molecule has 9 heteroatoms. The molecule has 2 N–H and O–H groups in total. The summed E-state index contributed by atoms with van der Waals surface area (Å²) in [5.41, 5.74) is 5.27. The molecule has 0 atom stereocenters. The maximum atomic E-state index is 12.8. The first kappa shape index (κ1) is 27.7. The fourth-order valence-electron chi connectivity index (χ4n) is 6.02. The summed E-state index contributed by atoms with van der Waals surface area (Å²) in [6.45, 7) is 5.15. The maximum Gasteiger partial charge on any atom is 0.267 e. The lowest BCUT2D eigenvalue weighted by Crippen LogP contribution is -2.38. The highest BCUT2D eigenvalue weighted by Gasteiger charge is 2.24. The van der Waals surface area contributed by atoms with Gasteiger partial charge in [-0.25, -0.2) is 0 Å². The number of aromatic amines is 1. The van der Waals surface area contributed by atoms with Crippen molar-refractivity contribution in [2.45, 2.75) is 57.9 Å². The lowest BCUT2D eigenvalue weighted by atomic mass is 9.84. The number of para-hydroxylation sites is 1. The predicted molar refractivity (Wildman–Crippen MR) is 157 cm³/mol. The molecule has 0 unspecified atom stereocenters. The summed E-state index contributed by atoms with van der Waals surface area (Å²) in [6.07, 6.45) is 7.79. The molecule has 3 heterocycles. The topological polar surface area (TPSA) is 87.0 Å². The average molecular weight is 569 g/mol. The van der Waals surface area contributed by atoms with Crippen LogP contribution in [0.25, 0.3) is 22.3 Å². The Morgan fingerprint density at radius 2 is 1.90 bits per heavy atom. The molecule has 206 valence electrons. The Kier molecular flexibility index (Phi) is 8.60. The van der Waals surface area contributed by atoms with Crippen LogP contribution in [-0.4, -0.2) is 51.6 Å². The highest BCUT2D eigenvalue weighted by molar-refractivity contribution is 6.35. The second-order valence-corrected chi connectivity index (χ2v) is 11.2. The van der Waals surface area contributed by atoms with Crippen molar-refractivity contribution in [2.24, 2.45) is 5.92 Å². The highest BCUT2D eigenvalue weighted by atomic mass is 35.5. The van der Waals surface area contributed by atoms with Gasteiger partial charge in [0.15, 0.2) is 0 Å². The van der Waals surface area contributed by atoms with Gasteiger partial charge in [-0.1, -0.05) is 41.0 Å². The number of nitrogens with one attached hydrogen (secondary N) is 2. The van der Waals surface area contributed by atoms with Gasteiger partial charge in [0, 0.05) is 37.0 Å². The molecular formula is C30H35Cl2N5O2. The van der Waals surface area contributed by atoms with Crippen LogP contribution in [0.15, 0.2) is 47.0 Å². The molecule has 2 aromatic carbocycles. The molecule has 1 saturated carbocycles. The monoisotopic (exact) mass is 567 g/mol. The zero-order valence-electron chi connectivity index (χ0n) is 22.2. The van der Waals surface area contributed by atoms with Gasteiger partial charge in [0.25, 0.3) is 5.91 Å². The van der Waals surface area contributed by atoms with Gasteiger partial charge in [0.2, 0.25) is 11.7 Å². The van der Waals surface area contributed by atoms with E-state index in [4.69, 9.17) is 16.1 Å². The first-order valence-electron chi connectivity index (χ1n) is 13.7. The predicted octanol–water partition coefficient (Wildman–Crippen LogP) is 6.38. The SMILES string of the molecule is Cc1nc(-c2ccc3c(c2)CCN(CCC2CCC(NC(=O)c4cc5cccc(Cl)c5[nH]4)CC2)CC3)no1.Cl. The quantitative estimate of drug-likeness (QED) is 0.282. The molecule has 6 rings (SSSR count). The molecule has 0 spiro atoms. The third kappa shape index (κ3) is 6.32. The van der Waals surface area contributed by atoms with Crippen molar-refractivity contribution < 1.29 is 9.32 Å². The van der Waals surface area contributed by atoms with Crippen molar-refractivity contribution in [1.82, 2.24) is 25.3 Å². The summed E-state index contributed by atoms with van der Waals surface area (Å²) < 4.78 is 5.16. The van der Waals surface area contributed by atoms with Gasteiger partial charge >= 0.3 is 0 Å². The Labute approximate surface area is 240 Å². The molecule has 1 aliphatic carbocycles. The molecular weight excluding hydrogens is 533 g/mol. The van der Waals surface area contributed by atoms with Gasteiger partial charge in [-0.05, 0) is 86.7 Å². The Hall–Kier alpha value is -2.87. The lowest BCUT2D eigenvalue weighted by molar-refractivity contribution is 0.0915. The summed E-state index contributed by atoms with van der Waals surface area (Å²) in [5, 5.41) is 8.92. The normalized spacial score (nSPS) is 19.7. The van der Waals surface area contributed by atoms with Gasteiger partial charge in [-0.2, -0.15) is 4.98 Å². The van der Waals surface area contributed by atoms with Crippen LogP contribution >= 0.6 is 24.0 Å². The molecule has 39 heavy (non-hydrogen) atoms. The summed E-state index contributed by atoms with van der Waals surface area (Å²) >= 11 is 6.26. The first-order chi connectivity index (χ1) is 18.5. The van der Waals surface area contributed by atoms with Crippen LogP contribution in [0.4, 0.5) is 0 Å². The van der Waals surface area contributed by atoms with E-state index in [0.29, 0.717) is 22.4 Å². The van der Waals surface area contributed by atoms with E-state index in [9.17, 15) is 4.79 Å². The molecule has 1 amide bonds. The number of rotatable bonds is 6. The summed E-state index contributed by atoms with van der Waals surface area (Å²) in [6, 6.07) is 14.4. The molecule has 1 fully saturated rings. The number of fused-ring (bicyclic) bond motifs is 2. The first-order valence-corrected chi connectivity index (χ1v) is 14.1. The van der Waals surface area contributed by atoms with E-state index in [1.807, 2.05) is 31.2 Å². The third-order valence-electron chi connectivity index (χ3n) is 8.27. The molecule has 2 aromatic heterocycles. The van der Waals surface area contributed by atoms with Gasteiger partial charge < -0.3 is 19.7 Å². The molecule has 1 aliphatic heterocycles. The van der Waals surface area contributed by atoms with Crippen LogP contribution in [-0.2, 0) is 12.8 Å². The number of H-pyrrole nitrogens is 1. The maximum absolute atomic E-state index is 12.8. The number of carbonyl (C=O) groups excluding carboxylic acids is 1. The molecule has 4 aromatic rings. The summed E-state index contributed by atoms with van der Waals surface area (Å²) in [4.78, 5) is 23.0. The van der Waals surface area contributed by atoms with E-state index in [-0.39, 0.29) is 24.4 Å². The average Bonchev–Trinajstić information content (AvgIpc) is 3.51. The smallest absolute Gasteiger partial charge is 0.267 e. The van der Waals surface area contributed by atoms with Crippen LogP contribution in [0.1, 0.15) is 59.6 Å². The Balaban J connectivity index is 0.00000308. The second-order valence-electron chi connectivity index (χ2n) is 10.8. The number of benzene rings is 2. The molecule has 0 saturated heterocycles. The van der Waals surface area contributed by atoms with Crippen molar-refractivity contribution in [3.8, 4) is 11.4 Å². The zero-order valence-corrected chi connectivity index (χ0v) is 23.8. The number of aromatic nitrogens is 3. The minimum absolute atomic E-state index is 0. The molecule has 2 aliphatic rings. The number of carbonyl (C=O) groups is 1. The van der Waals surface area contributed by atoms with Gasteiger partial charge in [0.1, 0.15) is 5.69 Å². The van der Waals surface area contributed by atoms with Crippen LogP contribution in [0, 0.1) is 12.8 Å². The number of nitrogens with zero attached hydrogens (tertiary/aromatic N) is 3. The van der Waals surface area contributed by atoms with Crippen molar-refractivity contribution in [1.29, 1.82) is 0 Å². The second kappa shape index (κ2) is 12.1. The van der Waals surface area contributed by atoms with Crippen molar-refractivity contribution >= 4 is 40.8 Å². The minimum Gasteiger partial charge on any atom is -0.349 e. The van der Waals surface area contributed by atoms with E-state index < -0.39 is 0 Å². The molecule has 7 nitrogen and oxygen atoms in total. The highest BCUT2D eigenvalue weighted by Crippen LogP contribution is 2.29. The fraction of sp³-hybridized carbons (Fsp3) is 0.433. The standard InChI is InChI=1S/C30H34ClN5O2.ClH/c1-19-32-29(35-38-19)24-8-7-21-12-15-36(16-13-22(21)17-24)14-11-20-5-9-25(10-6-20)33-30(37)27-18-23-3-2-4-26(31)28(23)34-27;/h2-4,7-8,17-18,20,25,34H,5-6,9-16H2,1H3,(H,33,37);1H. The van der Waals surface area contributed by atoms with Crippen LogP contribution in [0.5, 0.6) is 0 Å². The van der Waals surface area contributed by atoms with Crippen molar-refractivity contribution in [3.05, 3.63) is 70.2 Å². The van der Waals surface area contributed by atoms with Crippen LogP contribution < -0.4 is 5.32 Å². The summed E-state index contributed by atoms with van der Waals surface area (Å²) in [5.74, 6) is 1.96. The Morgan fingerprint density at radius 3 is 2.64 bits per heavy atom. The zero-order chi connectivity index (χ0) is 26.1. The van der Waals surface area contributed by atoms with Crippen molar-refractivity contribution in [3.63, 3.8) is 0 Å². The largest absolute Gasteiger partial charge is 0.349 e. The number of aryl methyl sites for hydroxylation is 1. The van der Waals surface area contributed by atoms with Gasteiger partial charge in [-0.3, -0.25) is 4.79 Å². The molecule has 0 radical (unpaired) electrons. The summed E-state index contributed by atoms with van der Waals surface area (Å²) in [7, 11) is 0. The number of amides is 1. The van der Waals surface area contributed by atoms with E-state index >= 15 is 0 Å². The number of hydrogen-bond acceptors (Lipinski definition) is 5. The van der Waals surface area contributed by atoms with E-state index in [0.717, 1.165) is 67.7 Å². The number of halogens is 2. The Morgan fingerprint density at radius 1 is 1.10 bits per heavy atom. The fourth-order valence-corrected chi connectivity index (χ4v) is 6.25.